The van der Waals surface area contributed by atoms with Crippen molar-refractivity contribution in [3.8, 4) is 11.3 Å². The number of rotatable bonds is 2. The molecule has 0 amide bonds. The zero-order valence-electron chi connectivity index (χ0n) is 10.5. The molecule has 1 aromatic carbocycles. The van der Waals surface area contributed by atoms with Crippen LogP contribution in [0.1, 0.15) is 19.7 Å². The van der Waals surface area contributed by atoms with Gasteiger partial charge in [0, 0.05) is 6.38 Å². The SMILES string of the molecule is CC(C)([NH3+])c1ncc(-c2ccccc2)[nH]1.CCl. The number of aromatic nitrogens is 2. The van der Waals surface area contributed by atoms with E-state index in [1.165, 1.54) is 6.38 Å². The van der Waals surface area contributed by atoms with Crippen LogP contribution in [0.5, 0.6) is 0 Å². The van der Waals surface area contributed by atoms with Crippen molar-refractivity contribution in [1.82, 2.24) is 9.97 Å². The van der Waals surface area contributed by atoms with Crippen molar-refractivity contribution in [2.45, 2.75) is 19.4 Å². The molecule has 0 spiro atoms. The lowest BCUT2D eigenvalue weighted by molar-refractivity contribution is -0.477. The van der Waals surface area contributed by atoms with Gasteiger partial charge in [-0.25, -0.2) is 4.98 Å². The quantitative estimate of drug-likeness (QED) is 0.793. The van der Waals surface area contributed by atoms with E-state index in [0.29, 0.717) is 0 Å². The summed E-state index contributed by atoms with van der Waals surface area (Å²) in [4.78, 5) is 7.64. The van der Waals surface area contributed by atoms with E-state index in [1.54, 1.807) is 0 Å². The molecule has 4 heteroatoms. The van der Waals surface area contributed by atoms with Crippen molar-refractivity contribution in [1.29, 1.82) is 0 Å². The van der Waals surface area contributed by atoms with E-state index >= 15 is 0 Å². The third-order valence-corrected chi connectivity index (χ3v) is 2.30. The maximum absolute atomic E-state index is 4.64. The van der Waals surface area contributed by atoms with Crippen molar-refractivity contribution in [2.24, 2.45) is 0 Å². The summed E-state index contributed by atoms with van der Waals surface area (Å²) in [7, 11) is 0. The highest BCUT2D eigenvalue weighted by Gasteiger charge is 2.22. The molecule has 0 saturated heterocycles. The fourth-order valence-electron chi connectivity index (χ4n) is 1.43. The maximum Gasteiger partial charge on any atom is 0.167 e. The van der Waals surface area contributed by atoms with Crippen LogP contribution in [0.3, 0.4) is 0 Å². The standard InChI is InChI=1S/C12H15N3.CH3Cl/c1-12(2,13)11-14-8-10(15-11)9-6-4-3-5-7-9;1-2/h3-8H,13H2,1-2H3,(H,14,15);1H3/p+1. The molecule has 0 radical (unpaired) electrons. The van der Waals surface area contributed by atoms with E-state index in [0.717, 1.165) is 17.1 Å². The number of alkyl halides is 1. The number of imidazole rings is 1. The van der Waals surface area contributed by atoms with Gasteiger partial charge in [-0.1, -0.05) is 30.3 Å². The summed E-state index contributed by atoms with van der Waals surface area (Å²) in [5.41, 5.74) is 6.08. The van der Waals surface area contributed by atoms with Crippen LogP contribution in [-0.2, 0) is 5.54 Å². The molecule has 2 rings (SSSR count). The molecule has 4 N–H and O–H groups in total. The number of benzene rings is 1. The Kier molecular flexibility index (Phi) is 4.73. The molecule has 0 fully saturated rings. The first-order valence-electron chi connectivity index (χ1n) is 5.41. The molecule has 0 aliphatic rings. The van der Waals surface area contributed by atoms with Crippen LogP contribution in [0.15, 0.2) is 36.5 Å². The highest BCUT2D eigenvalue weighted by Crippen LogP contribution is 2.19. The molecule has 1 heterocycles. The average Bonchev–Trinajstić information content (AvgIpc) is 2.82. The molecule has 17 heavy (non-hydrogen) atoms. The first-order chi connectivity index (χ1) is 8.07. The second kappa shape index (κ2) is 5.84. The monoisotopic (exact) mass is 252 g/mol. The summed E-state index contributed by atoms with van der Waals surface area (Å²) in [6.45, 7) is 4.08. The predicted molar refractivity (Wildman–Crippen MR) is 71.7 cm³/mol. The highest BCUT2D eigenvalue weighted by atomic mass is 35.5. The second-order valence-electron chi connectivity index (χ2n) is 4.40. The fourth-order valence-corrected chi connectivity index (χ4v) is 1.43. The van der Waals surface area contributed by atoms with Crippen LogP contribution >= 0.6 is 11.6 Å². The zero-order valence-corrected chi connectivity index (χ0v) is 11.3. The summed E-state index contributed by atoms with van der Waals surface area (Å²) in [6.07, 6.45) is 3.33. The molecular weight excluding hydrogens is 234 g/mol. The van der Waals surface area contributed by atoms with Gasteiger partial charge >= 0.3 is 0 Å². The third kappa shape index (κ3) is 3.58. The summed E-state index contributed by atoms with van der Waals surface area (Å²) in [5.74, 6) is 0.918. The first-order valence-corrected chi connectivity index (χ1v) is 6.17. The van der Waals surface area contributed by atoms with E-state index < -0.39 is 0 Å². The second-order valence-corrected chi connectivity index (χ2v) is 4.40. The van der Waals surface area contributed by atoms with Crippen LogP contribution in [0, 0.1) is 0 Å². The Morgan fingerprint density at radius 2 is 1.76 bits per heavy atom. The van der Waals surface area contributed by atoms with Crippen LogP contribution in [0.2, 0.25) is 0 Å². The lowest BCUT2D eigenvalue weighted by Gasteiger charge is -2.10. The Morgan fingerprint density at radius 3 is 2.24 bits per heavy atom. The van der Waals surface area contributed by atoms with E-state index in [9.17, 15) is 0 Å². The summed E-state index contributed by atoms with van der Waals surface area (Å²) < 4.78 is 0. The molecule has 92 valence electrons. The topological polar surface area (TPSA) is 56.3 Å². The van der Waals surface area contributed by atoms with Crippen molar-refractivity contribution in [2.75, 3.05) is 6.38 Å². The van der Waals surface area contributed by atoms with Gasteiger partial charge in [-0.3, -0.25) is 0 Å². The molecule has 0 bridgehead atoms. The minimum Gasteiger partial charge on any atom is -0.347 e. The van der Waals surface area contributed by atoms with E-state index in [1.807, 2.05) is 38.2 Å². The van der Waals surface area contributed by atoms with Gasteiger partial charge in [-0.05, 0) is 19.4 Å². The van der Waals surface area contributed by atoms with Crippen LogP contribution in [0.4, 0.5) is 0 Å². The number of hydrogen-bond acceptors (Lipinski definition) is 1. The molecule has 2 aromatic rings. The van der Waals surface area contributed by atoms with Gasteiger partial charge in [-0.2, -0.15) is 0 Å². The highest BCUT2D eigenvalue weighted by molar-refractivity contribution is 6.15. The lowest BCUT2D eigenvalue weighted by Crippen LogP contribution is -2.66. The van der Waals surface area contributed by atoms with Gasteiger partial charge in [0.2, 0.25) is 0 Å². The van der Waals surface area contributed by atoms with Crippen LogP contribution in [-0.4, -0.2) is 16.4 Å². The predicted octanol–water partition coefficient (Wildman–Crippen LogP) is 2.41. The maximum atomic E-state index is 4.64. The van der Waals surface area contributed by atoms with Gasteiger partial charge in [-0.15, -0.1) is 11.6 Å². The normalized spacial score (nSPS) is 10.6. The molecule has 0 unspecified atom stereocenters. The fraction of sp³-hybridized carbons (Fsp3) is 0.308. The molecule has 3 nitrogen and oxygen atoms in total. The smallest absolute Gasteiger partial charge is 0.167 e. The third-order valence-electron chi connectivity index (χ3n) is 2.30. The Hall–Kier alpha value is -1.32. The van der Waals surface area contributed by atoms with E-state index in [4.69, 9.17) is 0 Å². The van der Waals surface area contributed by atoms with Crippen molar-refractivity contribution in [3.63, 3.8) is 0 Å². The number of nitrogens with zero attached hydrogens (tertiary/aromatic N) is 1. The van der Waals surface area contributed by atoms with Gasteiger partial charge in [0.25, 0.3) is 0 Å². The minimum atomic E-state index is -0.174. The van der Waals surface area contributed by atoms with Crippen LogP contribution in [0.25, 0.3) is 11.3 Å². The first kappa shape index (κ1) is 13.7. The lowest BCUT2D eigenvalue weighted by atomic mass is 10.1. The molecule has 0 aliphatic heterocycles. The molecule has 0 atom stereocenters. The van der Waals surface area contributed by atoms with Crippen molar-refractivity contribution < 1.29 is 5.73 Å². The molecule has 1 aromatic heterocycles. The summed E-state index contributed by atoms with van der Waals surface area (Å²) in [5, 5.41) is 0. The number of hydrogen-bond donors (Lipinski definition) is 2. The minimum absolute atomic E-state index is 0.174. The number of aromatic amines is 1. The number of H-pyrrole nitrogens is 1. The molecule has 0 saturated carbocycles. The zero-order chi connectivity index (χ0) is 12.9. The Bertz CT molecular complexity index is 443. The average molecular weight is 253 g/mol. The Morgan fingerprint density at radius 1 is 1.18 bits per heavy atom. The van der Waals surface area contributed by atoms with Gasteiger partial charge in [0.05, 0.1) is 11.9 Å². The van der Waals surface area contributed by atoms with Gasteiger partial charge < -0.3 is 10.7 Å². The number of halogens is 1. The number of quaternary nitrogens is 1. The molecule has 0 aliphatic carbocycles. The van der Waals surface area contributed by atoms with Crippen molar-refractivity contribution in [3.05, 3.63) is 42.4 Å². The Balaban J connectivity index is 0.000000686. The van der Waals surface area contributed by atoms with Gasteiger partial charge in [0.1, 0.15) is 5.54 Å². The Labute approximate surface area is 107 Å². The summed E-state index contributed by atoms with van der Waals surface area (Å²) in [6, 6.07) is 10.2. The summed E-state index contributed by atoms with van der Waals surface area (Å²) >= 11 is 4.64. The van der Waals surface area contributed by atoms with Gasteiger partial charge in [0.15, 0.2) is 5.82 Å². The van der Waals surface area contributed by atoms with Crippen LogP contribution < -0.4 is 5.73 Å². The van der Waals surface area contributed by atoms with E-state index in [-0.39, 0.29) is 5.54 Å². The largest absolute Gasteiger partial charge is 0.347 e. The molecular formula is C13H19ClN3+. The van der Waals surface area contributed by atoms with E-state index in [2.05, 4.69) is 39.4 Å². The number of nitrogens with one attached hydrogen (secondary N) is 1. The van der Waals surface area contributed by atoms with Crippen molar-refractivity contribution >= 4 is 11.6 Å².